The van der Waals surface area contributed by atoms with Crippen LogP contribution >= 0.6 is 0 Å². The summed E-state index contributed by atoms with van der Waals surface area (Å²) in [5.74, 6) is 0.0643. The molecule has 0 radical (unpaired) electrons. The standard InChI is InChI=1S/C14H21N3O/c1-11(2)17(10-12-6-3-4-9-16-12)13(18)14(15)7-5-8-14/h3-4,6,9,11H,5,7-8,10,15H2,1-2H3. The van der Waals surface area contributed by atoms with Gasteiger partial charge in [0.05, 0.1) is 17.8 Å². The first-order valence-electron chi connectivity index (χ1n) is 6.53. The van der Waals surface area contributed by atoms with Crippen LogP contribution in [0, 0.1) is 0 Å². The quantitative estimate of drug-likeness (QED) is 0.881. The lowest BCUT2D eigenvalue weighted by molar-refractivity contribution is -0.142. The van der Waals surface area contributed by atoms with Gasteiger partial charge in [0.25, 0.3) is 0 Å². The molecule has 0 aliphatic heterocycles. The van der Waals surface area contributed by atoms with Crippen molar-refractivity contribution in [1.29, 1.82) is 0 Å². The summed E-state index contributed by atoms with van der Waals surface area (Å²) in [4.78, 5) is 18.6. The summed E-state index contributed by atoms with van der Waals surface area (Å²) in [5, 5.41) is 0. The van der Waals surface area contributed by atoms with Gasteiger partial charge in [0.2, 0.25) is 5.91 Å². The highest BCUT2D eigenvalue weighted by Gasteiger charge is 2.43. The van der Waals surface area contributed by atoms with Crippen molar-refractivity contribution in [3.05, 3.63) is 30.1 Å². The van der Waals surface area contributed by atoms with E-state index in [2.05, 4.69) is 4.98 Å². The molecular formula is C14H21N3O. The lowest BCUT2D eigenvalue weighted by Crippen LogP contribution is -2.60. The zero-order chi connectivity index (χ0) is 13.2. The number of rotatable bonds is 4. The number of nitrogens with two attached hydrogens (primary N) is 1. The van der Waals surface area contributed by atoms with Crippen LogP contribution in [-0.2, 0) is 11.3 Å². The van der Waals surface area contributed by atoms with Gasteiger partial charge < -0.3 is 10.6 Å². The Hall–Kier alpha value is -1.42. The summed E-state index contributed by atoms with van der Waals surface area (Å²) >= 11 is 0. The Morgan fingerprint density at radius 1 is 1.50 bits per heavy atom. The average Bonchev–Trinajstić information content (AvgIpc) is 2.33. The van der Waals surface area contributed by atoms with Crippen LogP contribution in [-0.4, -0.2) is 27.4 Å². The van der Waals surface area contributed by atoms with Gasteiger partial charge in [0, 0.05) is 12.2 Å². The molecule has 98 valence electrons. The summed E-state index contributed by atoms with van der Waals surface area (Å²) < 4.78 is 0. The SMILES string of the molecule is CC(C)N(Cc1ccccn1)C(=O)C1(N)CCC1. The van der Waals surface area contributed by atoms with Crippen molar-refractivity contribution in [2.24, 2.45) is 5.73 Å². The summed E-state index contributed by atoms with van der Waals surface area (Å²) in [7, 11) is 0. The Morgan fingerprint density at radius 2 is 2.22 bits per heavy atom. The zero-order valence-corrected chi connectivity index (χ0v) is 11.1. The molecule has 0 aromatic carbocycles. The van der Waals surface area contributed by atoms with E-state index in [-0.39, 0.29) is 11.9 Å². The average molecular weight is 247 g/mol. The third kappa shape index (κ3) is 2.53. The molecule has 1 heterocycles. The number of amides is 1. The van der Waals surface area contributed by atoms with Crippen LogP contribution < -0.4 is 5.73 Å². The van der Waals surface area contributed by atoms with Gasteiger partial charge >= 0.3 is 0 Å². The highest BCUT2D eigenvalue weighted by atomic mass is 16.2. The van der Waals surface area contributed by atoms with E-state index in [1.807, 2.05) is 36.9 Å². The summed E-state index contributed by atoms with van der Waals surface area (Å²) in [6.07, 6.45) is 4.41. The summed E-state index contributed by atoms with van der Waals surface area (Å²) in [5.41, 5.74) is 6.41. The van der Waals surface area contributed by atoms with Crippen LogP contribution in [0.3, 0.4) is 0 Å². The second kappa shape index (κ2) is 5.06. The van der Waals surface area contributed by atoms with E-state index in [0.717, 1.165) is 25.0 Å². The number of hydrogen-bond acceptors (Lipinski definition) is 3. The molecule has 4 heteroatoms. The number of aromatic nitrogens is 1. The van der Waals surface area contributed by atoms with Gasteiger partial charge in [-0.2, -0.15) is 0 Å². The van der Waals surface area contributed by atoms with Crippen molar-refractivity contribution < 1.29 is 4.79 Å². The highest BCUT2D eigenvalue weighted by Crippen LogP contribution is 2.31. The smallest absolute Gasteiger partial charge is 0.243 e. The van der Waals surface area contributed by atoms with Crippen molar-refractivity contribution in [1.82, 2.24) is 9.88 Å². The number of nitrogens with zero attached hydrogens (tertiary/aromatic N) is 2. The lowest BCUT2D eigenvalue weighted by Gasteiger charge is -2.41. The number of pyridine rings is 1. The molecule has 0 unspecified atom stereocenters. The minimum absolute atomic E-state index is 0.0643. The normalized spacial score (nSPS) is 17.3. The molecule has 0 spiro atoms. The van der Waals surface area contributed by atoms with Crippen molar-refractivity contribution >= 4 is 5.91 Å². The number of hydrogen-bond donors (Lipinski definition) is 1. The van der Waals surface area contributed by atoms with E-state index in [4.69, 9.17) is 5.73 Å². The molecule has 1 aliphatic carbocycles. The van der Waals surface area contributed by atoms with Crippen LogP contribution in [0.25, 0.3) is 0 Å². The molecule has 1 aliphatic rings. The maximum atomic E-state index is 12.5. The van der Waals surface area contributed by atoms with Crippen LogP contribution in [0.2, 0.25) is 0 Å². The van der Waals surface area contributed by atoms with Crippen molar-refractivity contribution in [3.63, 3.8) is 0 Å². The fraction of sp³-hybridized carbons (Fsp3) is 0.571. The monoisotopic (exact) mass is 247 g/mol. The largest absolute Gasteiger partial charge is 0.333 e. The van der Waals surface area contributed by atoms with Gasteiger partial charge in [-0.25, -0.2) is 0 Å². The molecule has 2 N–H and O–H groups in total. The van der Waals surface area contributed by atoms with Crippen LogP contribution in [0.4, 0.5) is 0 Å². The molecule has 0 saturated heterocycles. The molecule has 4 nitrogen and oxygen atoms in total. The van der Waals surface area contributed by atoms with Gasteiger partial charge in [-0.1, -0.05) is 6.07 Å². The molecule has 1 aromatic rings. The Balaban J connectivity index is 2.11. The van der Waals surface area contributed by atoms with Gasteiger partial charge in [0.15, 0.2) is 0 Å². The molecule has 1 amide bonds. The summed E-state index contributed by atoms with van der Waals surface area (Å²) in [6, 6.07) is 5.89. The minimum atomic E-state index is -0.626. The predicted octanol–water partition coefficient (Wildman–Crippen LogP) is 1.70. The third-order valence-electron chi connectivity index (χ3n) is 3.61. The molecule has 1 saturated carbocycles. The van der Waals surface area contributed by atoms with Crippen LogP contribution in [0.15, 0.2) is 24.4 Å². The molecule has 1 aromatic heterocycles. The fourth-order valence-corrected chi connectivity index (χ4v) is 2.21. The molecule has 1 fully saturated rings. The first kappa shape index (κ1) is 13.0. The topological polar surface area (TPSA) is 59.2 Å². The first-order valence-corrected chi connectivity index (χ1v) is 6.53. The van der Waals surface area contributed by atoms with E-state index >= 15 is 0 Å². The number of carbonyl (C=O) groups excluding carboxylic acids is 1. The summed E-state index contributed by atoms with van der Waals surface area (Å²) in [6.45, 7) is 4.57. The van der Waals surface area contributed by atoms with Gasteiger partial charge in [0.1, 0.15) is 0 Å². The molecule has 2 rings (SSSR count). The van der Waals surface area contributed by atoms with E-state index in [1.165, 1.54) is 0 Å². The Bertz CT molecular complexity index is 412. The lowest BCUT2D eigenvalue weighted by atomic mass is 9.76. The van der Waals surface area contributed by atoms with Gasteiger partial charge in [-0.05, 0) is 45.2 Å². The van der Waals surface area contributed by atoms with Crippen LogP contribution in [0.5, 0.6) is 0 Å². The van der Waals surface area contributed by atoms with Crippen molar-refractivity contribution in [3.8, 4) is 0 Å². The second-order valence-electron chi connectivity index (χ2n) is 5.36. The Labute approximate surface area is 108 Å². The molecule has 0 bridgehead atoms. The van der Waals surface area contributed by atoms with E-state index < -0.39 is 5.54 Å². The second-order valence-corrected chi connectivity index (χ2v) is 5.36. The first-order chi connectivity index (χ1) is 8.53. The van der Waals surface area contributed by atoms with E-state index in [0.29, 0.717) is 6.54 Å². The fourth-order valence-electron chi connectivity index (χ4n) is 2.21. The van der Waals surface area contributed by atoms with E-state index in [1.54, 1.807) is 6.20 Å². The van der Waals surface area contributed by atoms with Crippen molar-refractivity contribution in [2.45, 2.75) is 51.2 Å². The maximum Gasteiger partial charge on any atom is 0.243 e. The maximum absolute atomic E-state index is 12.5. The number of carbonyl (C=O) groups is 1. The van der Waals surface area contributed by atoms with Gasteiger partial charge in [-0.3, -0.25) is 9.78 Å². The minimum Gasteiger partial charge on any atom is -0.333 e. The Kier molecular flexibility index (Phi) is 3.66. The third-order valence-corrected chi connectivity index (χ3v) is 3.61. The Morgan fingerprint density at radius 3 is 2.67 bits per heavy atom. The molecule has 0 atom stereocenters. The molecule has 18 heavy (non-hydrogen) atoms. The zero-order valence-electron chi connectivity index (χ0n) is 11.1. The highest BCUT2D eigenvalue weighted by molar-refractivity contribution is 5.87. The van der Waals surface area contributed by atoms with Gasteiger partial charge in [-0.15, -0.1) is 0 Å². The van der Waals surface area contributed by atoms with Crippen LogP contribution in [0.1, 0.15) is 38.8 Å². The van der Waals surface area contributed by atoms with Crippen molar-refractivity contribution in [2.75, 3.05) is 0 Å². The van der Waals surface area contributed by atoms with E-state index in [9.17, 15) is 4.79 Å². The molecular weight excluding hydrogens is 226 g/mol. The predicted molar refractivity (Wildman–Crippen MR) is 70.7 cm³/mol.